The second-order valence-electron chi connectivity index (χ2n) is 1.19. The number of hydrogen-bond donors (Lipinski definition) is 1. The Hall–Kier alpha value is 0.647. The minimum absolute atomic E-state index is 0.785. The summed E-state index contributed by atoms with van der Waals surface area (Å²) in [5.74, 6) is 0. The first-order valence-corrected chi connectivity index (χ1v) is 8.57. The molecular weight excluding hydrogens is 244 g/mol. The molecule has 0 bridgehead atoms. The zero-order valence-electron chi connectivity index (χ0n) is 3.61. The molecule has 0 unspecified atom stereocenters. The van der Waals surface area contributed by atoms with Gasteiger partial charge in [-0.05, 0) is 6.55 Å². The number of hydrogen-bond acceptors (Lipinski definition) is 1. The molecule has 0 aliphatic carbocycles. The van der Waals surface area contributed by atoms with E-state index >= 15 is 0 Å². The van der Waals surface area contributed by atoms with E-state index < -0.39 is 10.9 Å². The van der Waals surface area contributed by atoms with Crippen LogP contribution < -0.4 is 0 Å². The van der Waals surface area contributed by atoms with Gasteiger partial charge in [-0.1, -0.05) is 30.6 Å². The molecule has 7 heavy (non-hydrogen) atoms. The number of halogens is 2. The second-order valence-corrected chi connectivity index (χ2v) is 16.1. The van der Waals surface area contributed by atoms with Gasteiger partial charge in [0.25, 0.3) is 5.59 Å². The van der Waals surface area contributed by atoms with E-state index in [1.165, 1.54) is 0 Å². The van der Waals surface area contributed by atoms with E-state index in [1.54, 1.807) is 6.55 Å². The predicted octanol–water partition coefficient (Wildman–Crippen LogP) is 2.11. The summed E-state index contributed by atoms with van der Waals surface area (Å²) in [6.45, 7) is 1.63. The fourth-order valence-corrected chi connectivity index (χ4v) is 0. The van der Waals surface area contributed by atoms with Gasteiger partial charge in [0, 0.05) is 0 Å². The van der Waals surface area contributed by atoms with Crippen LogP contribution >= 0.6 is 30.6 Å². The molecule has 1 N–H and O–H groups in total. The van der Waals surface area contributed by atoms with E-state index in [-0.39, 0.29) is 0 Å². The zero-order chi connectivity index (χ0) is 6.08. The largest absolute Gasteiger partial charge is 0.484 e. The molecule has 0 heterocycles. The highest BCUT2D eigenvalue weighted by Crippen LogP contribution is 2.19. The van der Waals surface area contributed by atoms with Crippen LogP contribution in [0.4, 0.5) is 4.79 Å². The lowest BCUT2D eigenvalue weighted by molar-refractivity contribution is 0.219. The zero-order valence-corrected chi connectivity index (χ0v) is 7.78. The first-order valence-electron chi connectivity index (χ1n) is 1.56. The highest BCUT2D eigenvalue weighted by molar-refractivity contribution is 9.52. The minimum atomic E-state index is -2.19. The number of carbonyl (C=O) groups is 1. The molecule has 0 spiro atoms. The maximum atomic E-state index is 9.99. The van der Waals surface area contributed by atoms with Crippen molar-refractivity contribution in [2.75, 3.05) is 0 Å². The molecule has 0 fully saturated rings. The van der Waals surface area contributed by atoms with Gasteiger partial charge in [-0.3, -0.25) is 4.79 Å². The highest BCUT2D eigenvalue weighted by atomic mass is 79.9. The van der Waals surface area contributed by atoms with Gasteiger partial charge >= 0.3 is 5.31 Å². The van der Waals surface area contributed by atoms with Gasteiger partial charge in [0.05, 0.1) is 0 Å². The van der Waals surface area contributed by atoms with Gasteiger partial charge in [0.2, 0.25) is 0 Å². The lowest BCUT2D eigenvalue weighted by atomic mass is 11.6. The van der Waals surface area contributed by atoms with Crippen molar-refractivity contribution in [3.63, 3.8) is 0 Å². The first-order chi connectivity index (χ1) is 2.94. The molecule has 0 aliphatic rings. The molecule has 5 heteroatoms. The van der Waals surface area contributed by atoms with Crippen LogP contribution in [0.2, 0.25) is 6.55 Å². The maximum Gasteiger partial charge on any atom is 0.319 e. The second kappa shape index (κ2) is 2.28. The molecule has 0 rings (SSSR count). The summed E-state index contributed by atoms with van der Waals surface area (Å²) in [5, 5.41) is 6.03. The summed E-state index contributed by atoms with van der Waals surface area (Å²) in [7, 11) is 0. The number of rotatable bonds is 1. The average molecular weight is 248 g/mol. The Morgan fingerprint density at radius 1 is 1.71 bits per heavy atom. The van der Waals surface area contributed by atoms with E-state index in [9.17, 15) is 4.79 Å². The third-order valence-electron chi connectivity index (χ3n) is 0.376. The molecule has 0 aromatic heterocycles. The van der Waals surface area contributed by atoms with Crippen molar-refractivity contribution in [2.45, 2.75) is 6.55 Å². The monoisotopic (exact) mass is 246 g/mol. The van der Waals surface area contributed by atoms with Crippen LogP contribution in [-0.4, -0.2) is 16.0 Å². The maximum absolute atomic E-state index is 9.99. The fourth-order valence-electron chi connectivity index (χ4n) is 0. The Labute approximate surface area is 58.1 Å². The van der Waals surface area contributed by atoms with E-state index in [0.717, 1.165) is 0 Å². The van der Waals surface area contributed by atoms with E-state index in [4.69, 9.17) is 5.11 Å². The van der Waals surface area contributed by atoms with Crippen molar-refractivity contribution in [1.29, 1.82) is 0 Å². The van der Waals surface area contributed by atoms with E-state index in [2.05, 4.69) is 30.6 Å². The van der Waals surface area contributed by atoms with Gasteiger partial charge in [-0.25, -0.2) is 0 Å². The van der Waals surface area contributed by atoms with Crippen LogP contribution in [0.3, 0.4) is 0 Å². The lowest BCUT2D eigenvalue weighted by Crippen LogP contribution is -2.23. The molecule has 0 radical (unpaired) electrons. The molecule has 0 saturated carbocycles. The van der Waals surface area contributed by atoms with E-state index in [1.807, 2.05) is 0 Å². The quantitative estimate of drug-likeness (QED) is 0.569. The number of carboxylic acid groups (broad SMARTS) is 1. The van der Waals surface area contributed by atoms with Crippen molar-refractivity contribution >= 4 is 41.5 Å². The Balaban J connectivity index is 3.79. The molecule has 0 aromatic rings. The van der Waals surface area contributed by atoms with Gasteiger partial charge in [-0.15, -0.1) is 0 Å². The third-order valence-corrected chi connectivity index (χ3v) is 3.16. The Morgan fingerprint density at radius 2 is 1.86 bits per heavy atom. The standard InChI is InChI=1S/C2H4Br2O2Si/c1-7(3,4)2(5)6/h1H3,(H,5,6). The summed E-state index contributed by atoms with van der Waals surface area (Å²) in [5.41, 5.74) is -0.785. The average Bonchev–Trinajstić information content (AvgIpc) is 1.31. The van der Waals surface area contributed by atoms with Crippen LogP contribution in [-0.2, 0) is 0 Å². The van der Waals surface area contributed by atoms with Crippen molar-refractivity contribution in [3.05, 3.63) is 0 Å². The smallest absolute Gasteiger partial charge is 0.319 e. The van der Waals surface area contributed by atoms with Gasteiger partial charge in [-0.2, -0.15) is 0 Å². The minimum Gasteiger partial charge on any atom is -0.484 e. The lowest BCUT2D eigenvalue weighted by Gasteiger charge is -1.99. The van der Waals surface area contributed by atoms with Crippen molar-refractivity contribution in [2.24, 2.45) is 0 Å². The van der Waals surface area contributed by atoms with Crippen molar-refractivity contribution in [3.8, 4) is 0 Å². The predicted molar refractivity (Wildman–Crippen MR) is 37.5 cm³/mol. The molecule has 0 amide bonds. The Morgan fingerprint density at radius 3 is 1.86 bits per heavy atom. The molecule has 0 saturated heterocycles. The van der Waals surface area contributed by atoms with Gasteiger partial charge in [0.1, 0.15) is 0 Å². The SMILES string of the molecule is C[Si](Br)(Br)C(=O)O. The van der Waals surface area contributed by atoms with Crippen LogP contribution in [0.5, 0.6) is 0 Å². The Kier molecular flexibility index (Phi) is 2.49. The molecule has 0 atom stereocenters. The molecule has 42 valence electrons. The summed E-state index contributed by atoms with van der Waals surface area (Å²) >= 11 is 6.00. The summed E-state index contributed by atoms with van der Waals surface area (Å²) < 4.78 is 0. The summed E-state index contributed by atoms with van der Waals surface area (Å²) in [6.07, 6.45) is 0. The topological polar surface area (TPSA) is 37.3 Å². The van der Waals surface area contributed by atoms with Gasteiger partial charge in [0.15, 0.2) is 0 Å². The van der Waals surface area contributed by atoms with Crippen molar-refractivity contribution < 1.29 is 9.90 Å². The molecule has 0 aromatic carbocycles. The Bertz CT molecular complexity index is 86.2. The third kappa shape index (κ3) is 3.25. The summed E-state index contributed by atoms with van der Waals surface area (Å²) in [6, 6.07) is 0. The van der Waals surface area contributed by atoms with E-state index in [0.29, 0.717) is 0 Å². The summed E-state index contributed by atoms with van der Waals surface area (Å²) in [4.78, 5) is 9.99. The van der Waals surface area contributed by atoms with Crippen LogP contribution in [0.1, 0.15) is 0 Å². The van der Waals surface area contributed by atoms with Gasteiger partial charge < -0.3 is 5.11 Å². The van der Waals surface area contributed by atoms with Crippen LogP contribution in [0.15, 0.2) is 0 Å². The van der Waals surface area contributed by atoms with Crippen LogP contribution in [0.25, 0.3) is 0 Å². The normalized spacial score (nSPS) is 11.3. The first kappa shape index (κ1) is 7.65. The van der Waals surface area contributed by atoms with Crippen LogP contribution in [0, 0.1) is 0 Å². The fraction of sp³-hybridized carbons (Fsp3) is 0.500. The highest BCUT2D eigenvalue weighted by Gasteiger charge is 2.29. The molecule has 0 aliphatic heterocycles. The molecule has 2 nitrogen and oxygen atoms in total. The van der Waals surface area contributed by atoms with Crippen molar-refractivity contribution in [1.82, 2.24) is 0 Å². The molecular formula is C2H4Br2O2Si.